The van der Waals surface area contributed by atoms with Crippen LogP contribution in [0.15, 0.2) is 12.7 Å². The summed E-state index contributed by atoms with van der Waals surface area (Å²) in [5.74, 6) is -0.581. The molecule has 0 N–H and O–H groups in total. The van der Waals surface area contributed by atoms with Gasteiger partial charge in [-0.2, -0.15) is 0 Å². The predicted molar refractivity (Wildman–Crippen MR) is 506 cm³/mol. The Bertz CT molecular complexity index is 2190. The number of carbonyl (C=O) groups excluding carboxylic acids is 1. The first kappa shape index (κ1) is 140. The molecule has 0 saturated carbocycles. The van der Waals surface area contributed by atoms with Crippen molar-refractivity contribution in [1.29, 1.82) is 0 Å². The Morgan fingerprint density at radius 1 is 0.225 bits per heavy atom. The van der Waals surface area contributed by atoms with Crippen LogP contribution in [-0.4, -0.2) is 593 Å². The second kappa shape index (κ2) is 128. The van der Waals surface area contributed by atoms with Gasteiger partial charge in [0.05, 0.1) is 562 Å². The van der Waals surface area contributed by atoms with Crippen molar-refractivity contribution < 1.29 is 252 Å². The van der Waals surface area contributed by atoms with Gasteiger partial charge in [0.15, 0.2) is 12.6 Å². The summed E-state index contributed by atoms with van der Waals surface area (Å²) in [6, 6.07) is 0. The molecule has 0 aromatic rings. The summed E-state index contributed by atoms with van der Waals surface area (Å²) in [6.07, 6.45) is 1.36. The van der Waals surface area contributed by atoms with Crippen molar-refractivity contribution in [3.05, 3.63) is 12.7 Å². The van der Waals surface area contributed by atoms with Crippen LogP contribution < -0.4 is 29.6 Å². The summed E-state index contributed by atoms with van der Waals surface area (Å²) in [5.41, 5.74) is 0. The van der Waals surface area contributed by atoms with Crippen LogP contribution in [0.3, 0.4) is 0 Å². The van der Waals surface area contributed by atoms with Gasteiger partial charge in [-0.25, -0.2) is 0 Å². The second-order valence-electron chi connectivity index (χ2n) is 29.4. The first-order valence-corrected chi connectivity index (χ1v) is 49.9. The van der Waals surface area contributed by atoms with Gasteiger partial charge in [0, 0.05) is 0 Å². The molecule has 0 aliphatic carbocycles. The zero-order chi connectivity index (χ0) is 100. The zero-order valence-electron chi connectivity index (χ0n) is 86.4. The van der Waals surface area contributed by atoms with Gasteiger partial charge in [-0.1, -0.05) is 12.5 Å². The van der Waals surface area contributed by atoms with Crippen LogP contribution in [0, 0.1) is 0 Å². The van der Waals surface area contributed by atoms with Crippen LogP contribution in [0.2, 0.25) is 0 Å². The average molecular weight is 2090 g/mol. The molecular formula is C94H183NaO47. The average Bonchev–Trinajstić information content (AvgIpc) is 1.73. The molecule has 2 unspecified atom stereocenters. The summed E-state index contributed by atoms with van der Waals surface area (Å²) in [6.45, 7) is 48.0. The Labute approximate surface area is 867 Å². The molecule has 842 valence electrons. The summed E-state index contributed by atoms with van der Waals surface area (Å²) >= 11 is 0. The van der Waals surface area contributed by atoms with E-state index in [1.54, 1.807) is 6.08 Å². The molecule has 0 amide bonds. The van der Waals surface area contributed by atoms with Crippen molar-refractivity contribution >= 4 is 6.47 Å². The largest absolute Gasteiger partial charge is 1.00 e. The standard InChI is InChI=1S/C94H183O47.Na/c1-4-5-135-86-92(87-137-88-93-89-140-94(2,3)141-93)139-85-84-134-81-80-132-77-76-130-73-72-128-69-68-126-65-64-124-61-60-122-57-56-120-53-52-118-49-48-116-45-44-114-41-40-112-37-36-110-33-32-108-29-28-106-25-24-104-21-20-102-17-16-100-13-12-98-9-8-96-6-7-97-10-11-99-14-15-101-18-19-103-22-23-105-26-27-107-30-31-109-34-35-111-38-39-113-42-43-115-46-47-117-50-51-119-54-55-121-58-59-123-62-63-125-66-67-127-70-71-129-74-75-131-78-79-133-82-83-136-91-138-90-95;/h4,92-93H,1,5-89,91H2,2-3H3;/q-1;+1. The van der Waals surface area contributed by atoms with Gasteiger partial charge in [0.25, 0.3) is 0 Å². The molecule has 1 rings (SSSR count). The number of ether oxygens (including phenoxy) is 46. The van der Waals surface area contributed by atoms with E-state index in [1.165, 1.54) is 6.47 Å². The van der Waals surface area contributed by atoms with E-state index in [4.69, 9.17) is 213 Å². The molecule has 1 heterocycles. The molecule has 0 aromatic carbocycles. The summed E-state index contributed by atoms with van der Waals surface area (Å²) in [5, 5.41) is 0. The predicted octanol–water partition coefficient (Wildman–Crippen LogP) is -1.55. The van der Waals surface area contributed by atoms with E-state index in [-0.39, 0.29) is 48.6 Å². The van der Waals surface area contributed by atoms with E-state index in [2.05, 4.69) is 11.3 Å². The molecular weight excluding hydrogens is 1900 g/mol. The SMILES string of the molecule is C=CCOCC(COCC1COC(C)(C)O1)OCCOCCOCCOCCOCCOCCOCCOCCOCCOCCOCCOCCOCCOCCOCCOCCOCCOCCOCCOCCOCCOCCOCCOCCOCCOCCOCCOCCOCCOCCOCCOCCOCCOCCOCCOCCOCCOCCOCCOCCOCO[C-]=O.[Na+]. The van der Waals surface area contributed by atoms with E-state index in [0.29, 0.717) is 562 Å². The van der Waals surface area contributed by atoms with Crippen molar-refractivity contribution in [3.8, 4) is 0 Å². The third-order valence-electron chi connectivity index (χ3n) is 17.5. The van der Waals surface area contributed by atoms with Crippen LogP contribution in [0.4, 0.5) is 0 Å². The van der Waals surface area contributed by atoms with Crippen LogP contribution in [0.25, 0.3) is 0 Å². The maximum absolute atomic E-state index is 9.86. The van der Waals surface area contributed by atoms with Gasteiger partial charge < -0.3 is 223 Å². The smallest absolute Gasteiger partial charge is 0.634 e. The molecule has 1 aliphatic heterocycles. The van der Waals surface area contributed by atoms with Crippen molar-refractivity contribution in [2.45, 2.75) is 31.8 Å². The number of hydrogen-bond acceptors (Lipinski definition) is 47. The minimum Gasteiger partial charge on any atom is -0.634 e. The zero-order valence-corrected chi connectivity index (χ0v) is 88.4. The molecule has 2 atom stereocenters. The molecule has 1 aliphatic rings. The van der Waals surface area contributed by atoms with Crippen LogP contribution in [0.5, 0.6) is 0 Å². The van der Waals surface area contributed by atoms with Crippen LogP contribution in [0.1, 0.15) is 13.8 Å². The summed E-state index contributed by atoms with van der Waals surface area (Å²) < 4.78 is 254. The fourth-order valence-electron chi connectivity index (χ4n) is 10.6. The Balaban J connectivity index is 0.000199. The van der Waals surface area contributed by atoms with Gasteiger partial charge in [-0.3, -0.25) is 0 Å². The van der Waals surface area contributed by atoms with E-state index in [0.717, 1.165) is 0 Å². The monoisotopic (exact) mass is 2090 g/mol. The second-order valence-corrected chi connectivity index (χ2v) is 29.4. The van der Waals surface area contributed by atoms with Crippen LogP contribution >= 0.6 is 0 Å². The normalized spacial score (nSPS) is 13.4. The van der Waals surface area contributed by atoms with Gasteiger partial charge in [-0.05, 0) is 13.8 Å². The Kier molecular flexibility index (Phi) is 127. The number of rotatable bonds is 132. The van der Waals surface area contributed by atoms with Gasteiger partial charge >= 0.3 is 29.6 Å². The topological polar surface area (TPSA) is 442 Å². The molecule has 0 radical (unpaired) electrons. The minimum absolute atomic E-state index is 0. The van der Waals surface area contributed by atoms with Crippen molar-refractivity contribution in [2.24, 2.45) is 0 Å². The fourth-order valence-corrected chi connectivity index (χ4v) is 10.6. The maximum atomic E-state index is 9.86. The molecule has 0 bridgehead atoms. The fraction of sp³-hybridized carbons (Fsp3) is 0.968. The van der Waals surface area contributed by atoms with Crippen LogP contribution in [-0.2, 0) is 223 Å². The first-order valence-electron chi connectivity index (χ1n) is 49.9. The molecule has 48 heteroatoms. The molecule has 47 nitrogen and oxygen atoms in total. The first-order chi connectivity index (χ1) is 70.1. The summed E-state index contributed by atoms with van der Waals surface area (Å²) in [7, 11) is 0. The Morgan fingerprint density at radius 2 is 0.366 bits per heavy atom. The number of hydrogen-bond donors (Lipinski definition) is 0. The summed E-state index contributed by atoms with van der Waals surface area (Å²) in [4.78, 5) is 9.86. The molecule has 0 spiro atoms. The van der Waals surface area contributed by atoms with E-state index >= 15 is 0 Å². The third-order valence-corrected chi connectivity index (χ3v) is 17.5. The van der Waals surface area contributed by atoms with E-state index < -0.39 is 5.79 Å². The van der Waals surface area contributed by atoms with E-state index in [1.807, 2.05) is 13.8 Å². The quantitative estimate of drug-likeness (QED) is 0.0219. The van der Waals surface area contributed by atoms with Crippen molar-refractivity contribution in [1.82, 2.24) is 0 Å². The molecule has 0 aromatic heterocycles. The maximum Gasteiger partial charge on any atom is 1.00 e. The van der Waals surface area contributed by atoms with Gasteiger partial charge in [-0.15, -0.1) is 6.58 Å². The van der Waals surface area contributed by atoms with E-state index in [9.17, 15) is 4.79 Å². The van der Waals surface area contributed by atoms with Gasteiger partial charge in [0.1, 0.15) is 12.2 Å². The Morgan fingerprint density at radius 3 is 0.500 bits per heavy atom. The third kappa shape index (κ3) is 124. The molecule has 1 fully saturated rings. The van der Waals surface area contributed by atoms with Gasteiger partial charge in [0.2, 0.25) is 0 Å². The van der Waals surface area contributed by atoms with Crippen molar-refractivity contribution in [2.75, 3.05) is 568 Å². The minimum atomic E-state index is -0.581. The van der Waals surface area contributed by atoms with Crippen molar-refractivity contribution in [3.63, 3.8) is 0 Å². The Hall–Kier alpha value is -1.59. The molecule has 1 saturated heterocycles. The molecule has 142 heavy (non-hydrogen) atoms.